The van der Waals surface area contributed by atoms with Crippen LogP contribution in [-0.2, 0) is 20.7 Å². The van der Waals surface area contributed by atoms with Crippen molar-refractivity contribution in [2.24, 2.45) is 29.4 Å². The lowest BCUT2D eigenvalue weighted by Crippen LogP contribution is -2.45. The first-order chi connectivity index (χ1) is 20.2. The fourth-order valence-electron chi connectivity index (χ4n) is 5.60. The zero-order valence-corrected chi connectivity index (χ0v) is 28.9. The molecule has 1 amide bonds. The van der Waals surface area contributed by atoms with Gasteiger partial charge in [-0.3, -0.25) is 9.69 Å². The van der Waals surface area contributed by atoms with Gasteiger partial charge in [0.05, 0.1) is 25.9 Å². The molecule has 2 heterocycles. The van der Waals surface area contributed by atoms with Crippen LogP contribution in [-0.4, -0.2) is 101 Å². The molecule has 12 heteroatoms. The molecular weight excluding hydrogens is 609 g/mol. The van der Waals surface area contributed by atoms with Gasteiger partial charge >= 0.3 is 0 Å². The monoisotopic (exact) mass is 665 g/mol. The summed E-state index contributed by atoms with van der Waals surface area (Å²) in [6.07, 6.45) is 1.75. The predicted octanol–water partition coefficient (Wildman–Crippen LogP) is 3.72. The molecule has 10 nitrogen and oxygen atoms in total. The summed E-state index contributed by atoms with van der Waals surface area (Å²) in [6, 6.07) is 3.62. The molecule has 2 aliphatic rings. The third-order valence-electron chi connectivity index (χ3n) is 8.40. The zero-order valence-electron chi connectivity index (χ0n) is 27.3. The summed E-state index contributed by atoms with van der Waals surface area (Å²) in [5.41, 5.74) is 7.69. The largest absolute Gasteiger partial charge is 0.489 e. The second-order valence-electron chi connectivity index (χ2n) is 12.3. The van der Waals surface area contributed by atoms with E-state index in [-0.39, 0.29) is 48.5 Å². The van der Waals surface area contributed by atoms with Gasteiger partial charge in [0.25, 0.3) is 0 Å². The number of halogens is 2. The number of nitrogens with two attached hydrogens (primary N) is 1. The van der Waals surface area contributed by atoms with Crippen LogP contribution in [0.15, 0.2) is 12.1 Å². The lowest BCUT2D eigenvalue weighted by Gasteiger charge is -2.30. The van der Waals surface area contributed by atoms with E-state index in [0.29, 0.717) is 69.0 Å². The van der Waals surface area contributed by atoms with Crippen LogP contribution in [0.1, 0.15) is 52.5 Å². The number of benzene rings is 1. The molecule has 1 aromatic carbocycles. The Balaban J connectivity index is 0.00000484. The fourth-order valence-corrected chi connectivity index (χ4v) is 5.60. The highest BCUT2D eigenvalue weighted by molar-refractivity contribution is 5.85. The highest BCUT2D eigenvalue weighted by Crippen LogP contribution is 2.41. The summed E-state index contributed by atoms with van der Waals surface area (Å²) in [6.45, 7) is 15.2. The highest BCUT2D eigenvalue weighted by atomic mass is 35.5. The summed E-state index contributed by atoms with van der Waals surface area (Å²) in [5.74, 6) is 2.37. The van der Waals surface area contributed by atoms with Gasteiger partial charge in [-0.15, -0.1) is 24.8 Å². The first kappa shape index (κ1) is 40.5. The fraction of sp³-hybridized carbons (Fsp3) is 0.781. The summed E-state index contributed by atoms with van der Waals surface area (Å²) in [7, 11) is 1.68. The van der Waals surface area contributed by atoms with E-state index in [1.807, 2.05) is 26.0 Å². The molecule has 1 aromatic rings. The van der Waals surface area contributed by atoms with Crippen molar-refractivity contribution in [1.29, 1.82) is 0 Å². The van der Waals surface area contributed by atoms with Gasteiger partial charge in [0, 0.05) is 58.3 Å². The third-order valence-corrected chi connectivity index (χ3v) is 8.40. The molecule has 256 valence electrons. The van der Waals surface area contributed by atoms with Crippen LogP contribution in [0.4, 0.5) is 0 Å². The number of ether oxygens (including phenoxy) is 5. The quantitative estimate of drug-likeness (QED) is 0.201. The maximum atomic E-state index is 13.1. The second kappa shape index (κ2) is 21.3. The van der Waals surface area contributed by atoms with Crippen LogP contribution < -0.4 is 25.3 Å². The molecule has 0 spiro atoms. The molecule has 0 aromatic heterocycles. The molecule has 1 saturated heterocycles. The molecule has 0 radical (unpaired) electrons. The molecule has 44 heavy (non-hydrogen) atoms. The van der Waals surface area contributed by atoms with E-state index >= 15 is 0 Å². The zero-order chi connectivity index (χ0) is 30.5. The van der Waals surface area contributed by atoms with Gasteiger partial charge in [-0.1, -0.05) is 27.7 Å². The Morgan fingerprint density at radius 1 is 1.02 bits per heavy atom. The number of nitrogens with zero attached hydrogens (tertiary/aromatic N) is 1. The minimum absolute atomic E-state index is 0. The number of rotatable bonds is 18. The van der Waals surface area contributed by atoms with Crippen LogP contribution in [0.2, 0.25) is 0 Å². The number of hydrogen-bond acceptors (Lipinski definition) is 9. The van der Waals surface area contributed by atoms with Crippen LogP contribution in [0.3, 0.4) is 0 Å². The highest BCUT2D eigenvalue weighted by Gasteiger charge is 2.30. The molecule has 0 bridgehead atoms. The van der Waals surface area contributed by atoms with Crippen LogP contribution in [0, 0.1) is 23.7 Å². The molecule has 4 N–H and O–H groups in total. The van der Waals surface area contributed by atoms with Gasteiger partial charge in [0.2, 0.25) is 11.7 Å². The number of morpholine rings is 1. The second-order valence-corrected chi connectivity index (χ2v) is 12.3. The Kier molecular flexibility index (Phi) is 19.6. The average Bonchev–Trinajstić information content (AvgIpc) is 2.97. The summed E-state index contributed by atoms with van der Waals surface area (Å²) < 4.78 is 28.4. The molecule has 0 saturated carbocycles. The van der Waals surface area contributed by atoms with Crippen molar-refractivity contribution in [2.75, 3.05) is 72.9 Å². The van der Waals surface area contributed by atoms with E-state index in [2.05, 4.69) is 24.1 Å². The van der Waals surface area contributed by atoms with Crippen molar-refractivity contribution in [2.45, 2.75) is 65.5 Å². The Morgan fingerprint density at radius 3 is 2.39 bits per heavy atom. The number of amides is 1. The Bertz CT molecular complexity index is 951. The van der Waals surface area contributed by atoms with Gasteiger partial charge < -0.3 is 39.8 Å². The maximum Gasteiger partial charge on any atom is 0.223 e. The van der Waals surface area contributed by atoms with Gasteiger partial charge in [-0.25, -0.2) is 0 Å². The lowest BCUT2D eigenvalue weighted by atomic mass is 9.80. The Labute approximate surface area is 276 Å². The number of carbonyl (C=O) groups is 1. The van der Waals surface area contributed by atoms with Crippen molar-refractivity contribution >= 4 is 30.7 Å². The van der Waals surface area contributed by atoms with E-state index in [1.54, 1.807) is 7.11 Å². The molecule has 0 aliphatic carbocycles. The predicted molar refractivity (Wildman–Crippen MR) is 178 cm³/mol. The molecule has 2 aliphatic heterocycles. The van der Waals surface area contributed by atoms with Crippen molar-refractivity contribution in [3.63, 3.8) is 0 Å². The molecule has 0 unspecified atom stereocenters. The SMILES string of the molecule is COCCCOc1cc(C[C@@H](C[C@H](N)[C@@H](O)C[C@H](C(=O)NCCN2CCOCC2)C(C)C)C(C)C)cc2c1OCCO2.Cl.Cl. The number of hydrogen-bond donors (Lipinski definition) is 3. The van der Waals surface area contributed by atoms with Crippen molar-refractivity contribution < 1.29 is 33.6 Å². The summed E-state index contributed by atoms with van der Waals surface area (Å²) in [4.78, 5) is 15.4. The molecule has 1 fully saturated rings. The van der Waals surface area contributed by atoms with E-state index in [4.69, 9.17) is 29.4 Å². The molecular formula is C32H57Cl2N3O7. The number of methoxy groups -OCH3 is 1. The summed E-state index contributed by atoms with van der Waals surface area (Å²) >= 11 is 0. The van der Waals surface area contributed by atoms with E-state index in [1.165, 1.54) is 0 Å². The van der Waals surface area contributed by atoms with E-state index < -0.39 is 12.1 Å². The minimum Gasteiger partial charge on any atom is -0.489 e. The Hall–Kier alpha value is -1.53. The third kappa shape index (κ3) is 13.1. The number of fused-ring (bicyclic) bond motifs is 1. The minimum atomic E-state index is -0.774. The smallest absolute Gasteiger partial charge is 0.223 e. The van der Waals surface area contributed by atoms with Crippen LogP contribution in [0.25, 0.3) is 0 Å². The van der Waals surface area contributed by atoms with Crippen molar-refractivity contribution in [3.05, 3.63) is 17.7 Å². The topological polar surface area (TPSA) is 125 Å². The van der Waals surface area contributed by atoms with Crippen molar-refractivity contribution in [1.82, 2.24) is 10.2 Å². The normalized spacial score (nSPS) is 17.7. The number of aliphatic hydroxyl groups excluding tert-OH is 1. The van der Waals surface area contributed by atoms with Gasteiger partial charge in [-0.2, -0.15) is 0 Å². The van der Waals surface area contributed by atoms with Gasteiger partial charge in [0.15, 0.2) is 11.5 Å². The van der Waals surface area contributed by atoms with Crippen molar-refractivity contribution in [3.8, 4) is 17.2 Å². The molecule has 3 rings (SSSR count). The number of carbonyl (C=O) groups excluding carboxylic acids is 1. The van der Waals surface area contributed by atoms with Gasteiger partial charge in [0.1, 0.15) is 13.2 Å². The van der Waals surface area contributed by atoms with Crippen LogP contribution >= 0.6 is 24.8 Å². The van der Waals surface area contributed by atoms with Gasteiger partial charge in [-0.05, 0) is 54.7 Å². The number of aliphatic hydroxyl groups is 1. The molecule has 4 atom stereocenters. The summed E-state index contributed by atoms with van der Waals surface area (Å²) in [5, 5.41) is 14.2. The standard InChI is InChI=1S/C32H55N3O7.2ClH/c1-22(2)25(17-24-18-29(40-12-6-11-38-5)31-30(19-24)41-15-16-42-31)20-27(33)28(36)21-26(23(3)4)32(37)34-7-8-35-9-13-39-14-10-35;;/h18-19,22-23,25-28,36H,6-17,20-21,33H2,1-5H3,(H,34,37);2*1H/t25-,26-,27-,28-;;/m0../s1. The van der Waals surface area contributed by atoms with Crippen LogP contribution in [0.5, 0.6) is 17.2 Å². The first-order valence-corrected chi connectivity index (χ1v) is 15.7. The van der Waals surface area contributed by atoms with E-state index in [9.17, 15) is 9.90 Å². The first-order valence-electron chi connectivity index (χ1n) is 15.7. The average molecular weight is 667 g/mol. The number of nitrogens with one attached hydrogen (secondary N) is 1. The maximum absolute atomic E-state index is 13.1. The van der Waals surface area contributed by atoms with E-state index in [0.717, 1.165) is 51.3 Å². The lowest BCUT2D eigenvalue weighted by molar-refractivity contribution is -0.127. The Morgan fingerprint density at radius 2 is 1.73 bits per heavy atom.